The monoisotopic (exact) mass is 219 g/mol. The van der Waals surface area contributed by atoms with Crippen LogP contribution in [0.2, 0.25) is 0 Å². The first-order chi connectivity index (χ1) is 7.83. The first-order valence-corrected chi connectivity index (χ1v) is 6.22. The van der Waals surface area contributed by atoms with Gasteiger partial charge in [0.05, 0.1) is 0 Å². The van der Waals surface area contributed by atoms with Crippen LogP contribution >= 0.6 is 0 Å². The molecule has 1 saturated heterocycles. The Hall–Kier alpha value is -1.09. The molecule has 1 atom stereocenters. The number of hydrogen-bond donors (Lipinski definition) is 1. The van der Waals surface area contributed by atoms with Crippen LogP contribution in [0, 0.1) is 0 Å². The lowest BCUT2D eigenvalue weighted by Crippen LogP contribution is -2.29. The third kappa shape index (κ3) is 2.35. The Bertz CT molecular complexity index is 332. The van der Waals surface area contributed by atoms with Gasteiger partial charge in [0.1, 0.15) is 5.82 Å². The van der Waals surface area contributed by atoms with Crippen molar-refractivity contribution in [1.82, 2.24) is 10.3 Å². The number of anilines is 1. The molecule has 0 spiro atoms. The zero-order chi connectivity index (χ0) is 11.4. The molecule has 3 heteroatoms. The first-order valence-electron chi connectivity index (χ1n) is 6.22. The van der Waals surface area contributed by atoms with Crippen molar-refractivity contribution in [2.24, 2.45) is 0 Å². The number of nitrogens with one attached hydrogen (secondary N) is 1. The van der Waals surface area contributed by atoms with Crippen molar-refractivity contribution in [3.8, 4) is 0 Å². The minimum Gasteiger partial charge on any atom is -0.360 e. The van der Waals surface area contributed by atoms with E-state index >= 15 is 0 Å². The van der Waals surface area contributed by atoms with Gasteiger partial charge < -0.3 is 10.2 Å². The molecule has 1 aromatic heterocycles. The van der Waals surface area contributed by atoms with Crippen molar-refractivity contribution in [2.45, 2.75) is 32.2 Å². The quantitative estimate of drug-likeness (QED) is 0.846. The molecule has 1 aliphatic rings. The maximum Gasteiger partial charge on any atom is 0.133 e. The summed E-state index contributed by atoms with van der Waals surface area (Å²) >= 11 is 0. The van der Waals surface area contributed by atoms with E-state index in [-0.39, 0.29) is 0 Å². The molecule has 0 amide bonds. The van der Waals surface area contributed by atoms with Gasteiger partial charge in [-0.2, -0.15) is 0 Å². The van der Waals surface area contributed by atoms with Crippen molar-refractivity contribution < 1.29 is 0 Å². The van der Waals surface area contributed by atoms with E-state index in [1.165, 1.54) is 24.8 Å². The number of hydrogen-bond acceptors (Lipinski definition) is 3. The Kier molecular flexibility index (Phi) is 3.78. The predicted octanol–water partition coefficient (Wildman–Crippen LogP) is 2.35. The van der Waals surface area contributed by atoms with Gasteiger partial charge >= 0.3 is 0 Å². The van der Waals surface area contributed by atoms with Gasteiger partial charge in [0.2, 0.25) is 0 Å². The van der Waals surface area contributed by atoms with Crippen LogP contribution in [0.5, 0.6) is 0 Å². The number of rotatable bonds is 3. The Morgan fingerprint density at radius 3 is 3.06 bits per heavy atom. The summed E-state index contributed by atoms with van der Waals surface area (Å²) in [7, 11) is 2.11. The Morgan fingerprint density at radius 2 is 2.38 bits per heavy atom. The Labute approximate surface area is 97.9 Å². The maximum absolute atomic E-state index is 4.51. The molecule has 1 aliphatic heterocycles. The van der Waals surface area contributed by atoms with Crippen LogP contribution < -0.4 is 10.2 Å². The van der Waals surface area contributed by atoms with E-state index in [4.69, 9.17) is 0 Å². The Balaban J connectivity index is 2.24. The fourth-order valence-electron chi connectivity index (χ4n) is 2.27. The normalized spacial score (nSPS) is 20.8. The zero-order valence-corrected chi connectivity index (χ0v) is 10.2. The van der Waals surface area contributed by atoms with Gasteiger partial charge in [0.15, 0.2) is 0 Å². The SMILES string of the molecule is CCN(C)c1ncccc1[C@H]1CCCCN1. The summed E-state index contributed by atoms with van der Waals surface area (Å²) in [4.78, 5) is 6.72. The molecule has 1 N–H and O–H groups in total. The standard InChI is InChI=1S/C13H21N3/c1-3-16(2)13-11(7-6-10-15-13)12-8-4-5-9-14-12/h6-7,10,12,14H,3-5,8-9H2,1-2H3/t12-/m1/s1. The molecule has 2 heterocycles. The third-order valence-corrected chi connectivity index (χ3v) is 3.34. The minimum absolute atomic E-state index is 0.492. The average Bonchev–Trinajstić information content (AvgIpc) is 2.39. The van der Waals surface area contributed by atoms with Crippen LogP contribution in [0.25, 0.3) is 0 Å². The van der Waals surface area contributed by atoms with Crippen LogP contribution in [-0.2, 0) is 0 Å². The second-order valence-corrected chi connectivity index (χ2v) is 4.43. The van der Waals surface area contributed by atoms with Crippen molar-refractivity contribution in [1.29, 1.82) is 0 Å². The maximum atomic E-state index is 4.51. The smallest absolute Gasteiger partial charge is 0.133 e. The lowest BCUT2D eigenvalue weighted by molar-refractivity contribution is 0.411. The molecule has 1 aromatic rings. The summed E-state index contributed by atoms with van der Waals surface area (Å²) in [5.74, 6) is 1.13. The lowest BCUT2D eigenvalue weighted by Gasteiger charge is -2.28. The second-order valence-electron chi connectivity index (χ2n) is 4.43. The number of pyridine rings is 1. The van der Waals surface area contributed by atoms with Crippen LogP contribution in [0.15, 0.2) is 18.3 Å². The number of aromatic nitrogens is 1. The largest absolute Gasteiger partial charge is 0.360 e. The molecule has 0 aromatic carbocycles. The summed E-state index contributed by atoms with van der Waals surface area (Å²) < 4.78 is 0. The van der Waals surface area contributed by atoms with E-state index in [1.807, 2.05) is 12.3 Å². The van der Waals surface area contributed by atoms with Crippen molar-refractivity contribution in [3.05, 3.63) is 23.9 Å². The molecule has 2 rings (SSSR count). The number of piperidine rings is 1. The van der Waals surface area contributed by atoms with Crippen LogP contribution in [0.3, 0.4) is 0 Å². The number of nitrogens with zero attached hydrogens (tertiary/aromatic N) is 2. The third-order valence-electron chi connectivity index (χ3n) is 3.34. The highest BCUT2D eigenvalue weighted by molar-refractivity contribution is 5.47. The molecule has 88 valence electrons. The molecule has 0 radical (unpaired) electrons. The highest BCUT2D eigenvalue weighted by Crippen LogP contribution is 2.28. The predicted molar refractivity (Wildman–Crippen MR) is 67.8 cm³/mol. The summed E-state index contributed by atoms with van der Waals surface area (Å²) in [6, 6.07) is 4.74. The van der Waals surface area contributed by atoms with Gasteiger partial charge in [-0.1, -0.05) is 12.5 Å². The van der Waals surface area contributed by atoms with Crippen LogP contribution in [0.4, 0.5) is 5.82 Å². The minimum atomic E-state index is 0.492. The summed E-state index contributed by atoms with van der Waals surface area (Å²) in [6.07, 6.45) is 5.74. The van der Waals surface area contributed by atoms with Gasteiger partial charge in [0.25, 0.3) is 0 Å². The van der Waals surface area contributed by atoms with Crippen molar-refractivity contribution in [3.63, 3.8) is 0 Å². The van der Waals surface area contributed by atoms with Gasteiger partial charge in [-0.25, -0.2) is 4.98 Å². The molecule has 0 unspecified atom stereocenters. The van der Waals surface area contributed by atoms with E-state index in [9.17, 15) is 0 Å². The molecule has 16 heavy (non-hydrogen) atoms. The van der Waals surface area contributed by atoms with E-state index in [0.29, 0.717) is 6.04 Å². The van der Waals surface area contributed by atoms with E-state index in [1.54, 1.807) is 0 Å². The summed E-state index contributed by atoms with van der Waals surface area (Å²) in [5, 5.41) is 3.59. The van der Waals surface area contributed by atoms with Crippen LogP contribution in [-0.4, -0.2) is 25.1 Å². The topological polar surface area (TPSA) is 28.2 Å². The zero-order valence-electron chi connectivity index (χ0n) is 10.2. The first kappa shape index (κ1) is 11.4. The highest BCUT2D eigenvalue weighted by Gasteiger charge is 2.19. The molecule has 0 saturated carbocycles. The second kappa shape index (κ2) is 5.30. The van der Waals surface area contributed by atoms with Crippen molar-refractivity contribution >= 4 is 5.82 Å². The fourth-order valence-corrected chi connectivity index (χ4v) is 2.27. The average molecular weight is 219 g/mol. The van der Waals surface area contributed by atoms with E-state index in [0.717, 1.165) is 18.9 Å². The molecule has 0 aliphatic carbocycles. The summed E-state index contributed by atoms with van der Waals surface area (Å²) in [6.45, 7) is 4.29. The Morgan fingerprint density at radius 1 is 1.50 bits per heavy atom. The van der Waals surface area contributed by atoms with Gasteiger partial charge in [0, 0.05) is 31.4 Å². The fraction of sp³-hybridized carbons (Fsp3) is 0.615. The summed E-state index contributed by atoms with van der Waals surface area (Å²) in [5.41, 5.74) is 1.35. The highest BCUT2D eigenvalue weighted by atomic mass is 15.2. The van der Waals surface area contributed by atoms with Crippen LogP contribution in [0.1, 0.15) is 37.8 Å². The molecular formula is C13H21N3. The van der Waals surface area contributed by atoms with Crippen molar-refractivity contribution in [2.75, 3.05) is 25.0 Å². The molecular weight excluding hydrogens is 198 g/mol. The van der Waals surface area contributed by atoms with E-state index < -0.39 is 0 Å². The van der Waals surface area contributed by atoms with E-state index in [2.05, 4.69) is 35.2 Å². The van der Waals surface area contributed by atoms with Gasteiger partial charge in [-0.15, -0.1) is 0 Å². The molecule has 3 nitrogen and oxygen atoms in total. The molecule has 0 bridgehead atoms. The molecule has 1 fully saturated rings. The van der Waals surface area contributed by atoms with Gasteiger partial charge in [-0.05, 0) is 32.4 Å². The lowest BCUT2D eigenvalue weighted by atomic mass is 9.98. The van der Waals surface area contributed by atoms with Gasteiger partial charge in [-0.3, -0.25) is 0 Å².